The summed E-state index contributed by atoms with van der Waals surface area (Å²) in [7, 11) is 0. The molecule has 0 aromatic rings. The highest BCUT2D eigenvalue weighted by Crippen LogP contribution is 2.58. The number of carbonyl (C=O) groups excluding carboxylic acids is 1. The summed E-state index contributed by atoms with van der Waals surface area (Å²) in [6.07, 6.45) is 17.8. The molecule has 2 heteroatoms. The molecule has 0 spiro atoms. The summed E-state index contributed by atoms with van der Waals surface area (Å²) < 4.78 is 0. The molecule has 124 valence electrons. The van der Waals surface area contributed by atoms with Crippen LogP contribution in [0.2, 0.25) is 0 Å². The van der Waals surface area contributed by atoms with E-state index < -0.39 is 0 Å². The zero-order valence-corrected chi connectivity index (χ0v) is 14.5. The third-order valence-corrected chi connectivity index (χ3v) is 5.36. The molecular formula is C19H37NO. The molecule has 0 saturated heterocycles. The molecule has 1 aliphatic rings. The van der Waals surface area contributed by atoms with Gasteiger partial charge in [0.1, 0.15) is 0 Å². The SMILES string of the molecule is CCCCCCCCC1(C(N)=O)CC1CCCCCCC. The number of hydrogen-bond donors (Lipinski definition) is 1. The van der Waals surface area contributed by atoms with Crippen LogP contribution in [0, 0.1) is 11.3 Å². The molecule has 1 aliphatic carbocycles. The molecule has 1 amide bonds. The predicted molar refractivity (Wildman–Crippen MR) is 91.1 cm³/mol. The highest BCUT2D eigenvalue weighted by Gasteiger charge is 2.57. The van der Waals surface area contributed by atoms with Crippen LogP contribution in [0.1, 0.15) is 104 Å². The minimum Gasteiger partial charge on any atom is -0.369 e. The minimum absolute atomic E-state index is 0.0189. The van der Waals surface area contributed by atoms with E-state index in [1.165, 1.54) is 77.0 Å². The quantitative estimate of drug-likeness (QED) is 0.417. The number of nitrogens with two attached hydrogens (primary N) is 1. The number of amides is 1. The van der Waals surface area contributed by atoms with Gasteiger partial charge in [0, 0.05) is 0 Å². The third-order valence-electron chi connectivity index (χ3n) is 5.36. The van der Waals surface area contributed by atoms with E-state index in [2.05, 4.69) is 13.8 Å². The molecule has 1 fully saturated rings. The topological polar surface area (TPSA) is 43.1 Å². The highest BCUT2D eigenvalue weighted by molar-refractivity contribution is 5.84. The first-order valence-corrected chi connectivity index (χ1v) is 9.47. The standard InChI is InChI=1S/C19H37NO/c1-3-5-7-9-11-13-15-19(18(20)21)16-17(19)14-12-10-8-6-4-2/h17H,3-16H2,1-2H3,(H2,20,21). The van der Waals surface area contributed by atoms with Crippen LogP contribution in [0.5, 0.6) is 0 Å². The van der Waals surface area contributed by atoms with Crippen LogP contribution in [0.15, 0.2) is 0 Å². The van der Waals surface area contributed by atoms with E-state index in [1.807, 2.05) is 0 Å². The largest absolute Gasteiger partial charge is 0.369 e. The fourth-order valence-corrected chi connectivity index (χ4v) is 3.71. The minimum atomic E-state index is -0.102. The number of carbonyl (C=O) groups is 1. The second-order valence-electron chi connectivity index (χ2n) is 7.14. The van der Waals surface area contributed by atoms with E-state index in [9.17, 15) is 4.79 Å². The lowest BCUT2D eigenvalue weighted by atomic mass is 9.92. The molecule has 21 heavy (non-hydrogen) atoms. The maximum atomic E-state index is 11.8. The van der Waals surface area contributed by atoms with Crippen LogP contribution in [0.3, 0.4) is 0 Å². The van der Waals surface area contributed by atoms with Crippen molar-refractivity contribution in [3.8, 4) is 0 Å². The molecule has 0 aromatic carbocycles. The maximum Gasteiger partial charge on any atom is 0.223 e. The Kier molecular flexibility index (Phi) is 9.03. The summed E-state index contributed by atoms with van der Waals surface area (Å²) in [5.74, 6) is 0.585. The van der Waals surface area contributed by atoms with Crippen LogP contribution in [0.4, 0.5) is 0 Å². The molecule has 1 saturated carbocycles. The lowest BCUT2D eigenvalue weighted by molar-refractivity contribution is -0.124. The summed E-state index contributed by atoms with van der Waals surface area (Å²) >= 11 is 0. The van der Waals surface area contributed by atoms with Crippen molar-refractivity contribution in [3.63, 3.8) is 0 Å². The second kappa shape index (κ2) is 10.2. The normalized spacial score (nSPS) is 24.2. The summed E-state index contributed by atoms with van der Waals surface area (Å²) in [4.78, 5) is 11.8. The lowest BCUT2D eigenvalue weighted by Gasteiger charge is -2.13. The number of rotatable bonds is 14. The van der Waals surface area contributed by atoms with Gasteiger partial charge in [0.25, 0.3) is 0 Å². The molecule has 0 aromatic heterocycles. The molecule has 0 aliphatic heterocycles. The van der Waals surface area contributed by atoms with Gasteiger partial charge in [-0.05, 0) is 25.2 Å². The Labute approximate surface area is 132 Å². The Bertz CT molecular complexity index is 289. The second-order valence-corrected chi connectivity index (χ2v) is 7.14. The average Bonchev–Trinajstić information content (AvgIpc) is 3.17. The third kappa shape index (κ3) is 6.40. The summed E-state index contributed by atoms with van der Waals surface area (Å²) in [6.45, 7) is 4.50. The van der Waals surface area contributed by atoms with Crippen molar-refractivity contribution in [1.82, 2.24) is 0 Å². The summed E-state index contributed by atoms with van der Waals surface area (Å²) in [5.41, 5.74) is 5.60. The van der Waals surface area contributed by atoms with Crippen LogP contribution < -0.4 is 5.73 Å². The molecule has 0 radical (unpaired) electrons. The molecular weight excluding hydrogens is 258 g/mol. The van der Waals surface area contributed by atoms with Gasteiger partial charge in [-0.1, -0.05) is 84.5 Å². The van der Waals surface area contributed by atoms with E-state index in [-0.39, 0.29) is 11.3 Å². The molecule has 2 atom stereocenters. The number of unbranched alkanes of at least 4 members (excludes halogenated alkanes) is 9. The molecule has 0 heterocycles. The van der Waals surface area contributed by atoms with Gasteiger partial charge in [0.05, 0.1) is 5.41 Å². The van der Waals surface area contributed by atoms with Crippen LogP contribution >= 0.6 is 0 Å². The van der Waals surface area contributed by atoms with Gasteiger partial charge in [-0.2, -0.15) is 0 Å². The van der Waals surface area contributed by atoms with Gasteiger partial charge >= 0.3 is 0 Å². The first-order chi connectivity index (χ1) is 10.2. The van der Waals surface area contributed by atoms with Crippen LogP contribution in [0.25, 0.3) is 0 Å². The summed E-state index contributed by atoms with van der Waals surface area (Å²) in [6, 6.07) is 0. The monoisotopic (exact) mass is 295 g/mol. The highest BCUT2D eigenvalue weighted by atomic mass is 16.1. The van der Waals surface area contributed by atoms with Crippen molar-refractivity contribution in [3.05, 3.63) is 0 Å². The average molecular weight is 296 g/mol. The van der Waals surface area contributed by atoms with Crippen molar-refractivity contribution in [2.75, 3.05) is 0 Å². The Morgan fingerprint density at radius 3 is 2.00 bits per heavy atom. The maximum absolute atomic E-state index is 11.8. The molecule has 2 unspecified atom stereocenters. The Hall–Kier alpha value is -0.530. The molecule has 2 nitrogen and oxygen atoms in total. The Balaban J connectivity index is 2.14. The zero-order chi connectivity index (χ0) is 15.6. The van der Waals surface area contributed by atoms with Crippen molar-refractivity contribution < 1.29 is 4.79 Å². The van der Waals surface area contributed by atoms with E-state index in [0.29, 0.717) is 5.92 Å². The predicted octanol–water partition coefficient (Wildman–Crippen LogP) is 5.59. The zero-order valence-electron chi connectivity index (χ0n) is 14.5. The number of primary amides is 1. The Morgan fingerprint density at radius 2 is 1.43 bits per heavy atom. The van der Waals surface area contributed by atoms with Gasteiger partial charge in [-0.3, -0.25) is 4.79 Å². The van der Waals surface area contributed by atoms with Crippen LogP contribution in [-0.2, 0) is 4.79 Å². The van der Waals surface area contributed by atoms with E-state index in [4.69, 9.17) is 5.73 Å². The van der Waals surface area contributed by atoms with Crippen molar-refractivity contribution in [2.24, 2.45) is 17.1 Å². The van der Waals surface area contributed by atoms with Gasteiger partial charge in [-0.25, -0.2) is 0 Å². The van der Waals surface area contributed by atoms with Gasteiger partial charge in [-0.15, -0.1) is 0 Å². The smallest absolute Gasteiger partial charge is 0.223 e. The van der Waals surface area contributed by atoms with E-state index in [0.717, 1.165) is 12.8 Å². The van der Waals surface area contributed by atoms with Gasteiger partial charge in [0.15, 0.2) is 0 Å². The summed E-state index contributed by atoms with van der Waals surface area (Å²) in [5, 5.41) is 0. The number of hydrogen-bond acceptors (Lipinski definition) is 1. The van der Waals surface area contributed by atoms with Crippen molar-refractivity contribution >= 4 is 5.91 Å². The van der Waals surface area contributed by atoms with E-state index in [1.54, 1.807) is 0 Å². The van der Waals surface area contributed by atoms with Crippen LogP contribution in [-0.4, -0.2) is 5.91 Å². The van der Waals surface area contributed by atoms with Gasteiger partial charge in [0.2, 0.25) is 5.91 Å². The lowest BCUT2D eigenvalue weighted by Crippen LogP contribution is -2.26. The molecule has 0 bridgehead atoms. The van der Waals surface area contributed by atoms with E-state index >= 15 is 0 Å². The Morgan fingerprint density at radius 1 is 0.905 bits per heavy atom. The van der Waals surface area contributed by atoms with Crippen molar-refractivity contribution in [1.29, 1.82) is 0 Å². The molecule has 1 rings (SSSR count). The first kappa shape index (κ1) is 18.5. The fraction of sp³-hybridized carbons (Fsp3) is 0.947. The van der Waals surface area contributed by atoms with Gasteiger partial charge < -0.3 is 5.73 Å². The molecule has 2 N–H and O–H groups in total. The fourth-order valence-electron chi connectivity index (χ4n) is 3.71. The first-order valence-electron chi connectivity index (χ1n) is 9.47. The van der Waals surface area contributed by atoms with Crippen molar-refractivity contribution in [2.45, 2.75) is 104 Å².